The highest BCUT2D eigenvalue weighted by atomic mass is 35.7. The van der Waals surface area contributed by atoms with Crippen LogP contribution in [0.5, 0.6) is 5.75 Å². The van der Waals surface area contributed by atoms with Gasteiger partial charge in [-0.2, -0.15) is 0 Å². The van der Waals surface area contributed by atoms with Gasteiger partial charge >= 0.3 is 0 Å². The average molecular weight is 261 g/mol. The Morgan fingerprint density at radius 3 is 2.31 bits per heavy atom. The summed E-state index contributed by atoms with van der Waals surface area (Å²) in [6, 6.07) is 5.99. The third-order valence-electron chi connectivity index (χ3n) is 1.85. The Bertz CT molecular complexity index is 470. The zero-order valence-corrected chi connectivity index (χ0v) is 10.7. The molecule has 0 bridgehead atoms. The topological polar surface area (TPSA) is 43.4 Å². The highest BCUT2D eigenvalue weighted by molar-refractivity contribution is 8.13. The molecule has 0 heterocycles. The molecule has 3 nitrogen and oxygen atoms in total. The lowest BCUT2D eigenvalue weighted by Gasteiger charge is -2.03. The van der Waals surface area contributed by atoms with E-state index in [0.29, 0.717) is 12.4 Å². The van der Waals surface area contributed by atoms with Gasteiger partial charge in [-0.3, -0.25) is 0 Å². The maximum absolute atomic E-state index is 11.0. The Balaban J connectivity index is 2.69. The van der Waals surface area contributed by atoms with Crippen LogP contribution in [0, 0.1) is 0 Å². The molecule has 0 aliphatic carbocycles. The second-order valence-corrected chi connectivity index (χ2v) is 6.07. The number of allylic oxidation sites excluding steroid dienone is 1. The molecule has 16 heavy (non-hydrogen) atoms. The second kappa shape index (κ2) is 5.37. The van der Waals surface area contributed by atoms with Crippen LogP contribution in [0.15, 0.2) is 40.8 Å². The molecule has 0 aromatic heterocycles. The summed E-state index contributed by atoms with van der Waals surface area (Å²) in [5.74, 6) is 0.613. The van der Waals surface area contributed by atoms with Crippen LogP contribution in [0.3, 0.4) is 0 Å². The normalized spacial score (nSPS) is 10.9. The van der Waals surface area contributed by atoms with Crippen LogP contribution in [-0.2, 0) is 9.05 Å². The Labute approximate surface area is 100 Å². The van der Waals surface area contributed by atoms with Gasteiger partial charge in [-0.15, -0.1) is 0 Å². The molecule has 0 N–H and O–H groups in total. The molecule has 88 valence electrons. The van der Waals surface area contributed by atoms with Crippen molar-refractivity contribution >= 4 is 19.7 Å². The van der Waals surface area contributed by atoms with Crippen LogP contribution in [0.4, 0.5) is 0 Å². The van der Waals surface area contributed by atoms with Gasteiger partial charge in [0.05, 0.1) is 4.90 Å². The number of hydrogen-bond donors (Lipinski definition) is 0. The SMILES string of the molecule is CC(C)=CCOc1ccc(S(=O)(=O)Cl)cc1. The van der Waals surface area contributed by atoms with Gasteiger partial charge < -0.3 is 4.74 Å². The molecule has 1 aromatic rings. The van der Waals surface area contributed by atoms with E-state index in [1.165, 1.54) is 17.7 Å². The predicted molar refractivity (Wildman–Crippen MR) is 64.4 cm³/mol. The Morgan fingerprint density at radius 2 is 1.88 bits per heavy atom. The lowest BCUT2D eigenvalue weighted by Crippen LogP contribution is -1.95. The fourth-order valence-corrected chi connectivity index (χ4v) is 1.77. The minimum Gasteiger partial charge on any atom is -0.490 e. The van der Waals surface area contributed by atoms with E-state index in [9.17, 15) is 8.42 Å². The molecule has 0 aliphatic rings. The highest BCUT2D eigenvalue weighted by Crippen LogP contribution is 2.18. The van der Waals surface area contributed by atoms with Gasteiger partial charge in [0.1, 0.15) is 12.4 Å². The molecule has 0 amide bonds. The smallest absolute Gasteiger partial charge is 0.261 e. The van der Waals surface area contributed by atoms with Gasteiger partial charge in [-0.05, 0) is 44.2 Å². The molecular weight excluding hydrogens is 248 g/mol. The van der Waals surface area contributed by atoms with Crippen molar-refractivity contribution in [1.82, 2.24) is 0 Å². The number of halogens is 1. The molecule has 0 unspecified atom stereocenters. The molecule has 0 spiro atoms. The van der Waals surface area contributed by atoms with Gasteiger partial charge in [0.15, 0.2) is 0 Å². The fraction of sp³-hybridized carbons (Fsp3) is 0.273. The zero-order valence-electron chi connectivity index (χ0n) is 9.10. The van der Waals surface area contributed by atoms with Crippen LogP contribution in [0.2, 0.25) is 0 Å². The lowest BCUT2D eigenvalue weighted by atomic mass is 10.3. The van der Waals surface area contributed by atoms with E-state index in [0.717, 1.165) is 0 Å². The van der Waals surface area contributed by atoms with Gasteiger partial charge in [0.25, 0.3) is 9.05 Å². The number of benzene rings is 1. The van der Waals surface area contributed by atoms with Gasteiger partial charge in [-0.25, -0.2) is 8.42 Å². The van der Waals surface area contributed by atoms with Crippen molar-refractivity contribution in [1.29, 1.82) is 0 Å². The predicted octanol–water partition coefficient (Wildman–Crippen LogP) is 2.96. The van der Waals surface area contributed by atoms with Crippen molar-refractivity contribution in [2.24, 2.45) is 0 Å². The van der Waals surface area contributed by atoms with Crippen molar-refractivity contribution in [2.45, 2.75) is 18.7 Å². The summed E-state index contributed by atoms with van der Waals surface area (Å²) in [4.78, 5) is 0.0729. The van der Waals surface area contributed by atoms with Crippen molar-refractivity contribution < 1.29 is 13.2 Å². The second-order valence-electron chi connectivity index (χ2n) is 3.50. The van der Waals surface area contributed by atoms with Crippen LogP contribution >= 0.6 is 10.7 Å². The summed E-state index contributed by atoms with van der Waals surface area (Å²) < 4.78 is 27.3. The molecule has 0 fully saturated rings. The first-order valence-electron chi connectivity index (χ1n) is 4.70. The van der Waals surface area contributed by atoms with E-state index in [2.05, 4.69) is 0 Å². The molecule has 5 heteroatoms. The standard InChI is InChI=1S/C11H13ClO3S/c1-9(2)7-8-15-10-3-5-11(6-4-10)16(12,13)14/h3-7H,8H2,1-2H3. The van der Waals surface area contributed by atoms with Crippen LogP contribution in [0.25, 0.3) is 0 Å². The third kappa shape index (κ3) is 4.24. The van der Waals surface area contributed by atoms with Gasteiger partial charge in [0, 0.05) is 10.7 Å². The summed E-state index contributed by atoms with van der Waals surface area (Å²) in [6.07, 6.45) is 1.94. The summed E-state index contributed by atoms with van der Waals surface area (Å²) in [5, 5.41) is 0. The molecule has 0 atom stereocenters. The summed E-state index contributed by atoms with van der Waals surface area (Å²) >= 11 is 0. The maximum atomic E-state index is 11.0. The van der Waals surface area contributed by atoms with E-state index in [4.69, 9.17) is 15.4 Å². The minimum absolute atomic E-state index is 0.0729. The van der Waals surface area contributed by atoms with E-state index in [1.807, 2.05) is 19.9 Å². The third-order valence-corrected chi connectivity index (χ3v) is 3.22. The summed E-state index contributed by atoms with van der Waals surface area (Å²) in [5.41, 5.74) is 1.17. The Hall–Kier alpha value is -1.00. The van der Waals surface area contributed by atoms with Gasteiger partial charge in [-0.1, -0.05) is 5.57 Å². The van der Waals surface area contributed by atoms with Crippen molar-refractivity contribution in [3.05, 3.63) is 35.9 Å². The minimum atomic E-state index is -3.65. The van der Waals surface area contributed by atoms with Crippen molar-refractivity contribution in [3.63, 3.8) is 0 Å². The molecular formula is C11H13ClO3S. The fourth-order valence-electron chi connectivity index (χ4n) is 1.00. The summed E-state index contributed by atoms with van der Waals surface area (Å²) in [7, 11) is 1.53. The zero-order chi connectivity index (χ0) is 12.2. The number of ether oxygens (including phenoxy) is 1. The van der Waals surface area contributed by atoms with Crippen LogP contribution in [0.1, 0.15) is 13.8 Å². The molecule has 0 saturated carbocycles. The lowest BCUT2D eigenvalue weighted by molar-refractivity contribution is 0.361. The van der Waals surface area contributed by atoms with E-state index < -0.39 is 9.05 Å². The quantitative estimate of drug-likeness (QED) is 0.618. The van der Waals surface area contributed by atoms with Crippen LogP contribution < -0.4 is 4.74 Å². The molecule has 0 radical (unpaired) electrons. The molecule has 1 rings (SSSR count). The van der Waals surface area contributed by atoms with Gasteiger partial charge in [0.2, 0.25) is 0 Å². The Kier molecular flexibility index (Phi) is 4.38. The summed E-state index contributed by atoms with van der Waals surface area (Å²) in [6.45, 7) is 4.42. The number of rotatable bonds is 4. The Morgan fingerprint density at radius 1 is 1.31 bits per heavy atom. The molecule has 0 saturated heterocycles. The maximum Gasteiger partial charge on any atom is 0.261 e. The largest absolute Gasteiger partial charge is 0.490 e. The van der Waals surface area contributed by atoms with Crippen molar-refractivity contribution in [3.8, 4) is 5.75 Å². The monoisotopic (exact) mass is 260 g/mol. The first kappa shape index (κ1) is 13.1. The highest BCUT2D eigenvalue weighted by Gasteiger charge is 2.08. The van der Waals surface area contributed by atoms with E-state index in [-0.39, 0.29) is 4.90 Å². The molecule has 1 aromatic carbocycles. The first-order valence-corrected chi connectivity index (χ1v) is 7.01. The average Bonchev–Trinajstić information content (AvgIpc) is 2.16. The van der Waals surface area contributed by atoms with Crippen molar-refractivity contribution in [2.75, 3.05) is 6.61 Å². The first-order chi connectivity index (χ1) is 7.39. The number of hydrogen-bond acceptors (Lipinski definition) is 3. The van der Waals surface area contributed by atoms with Crippen LogP contribution in [-0.4, -0.2) is 15.0 Å². The van der Waals surface area contributed by atoms with E-state index >= 15 is 0 Å². The molecule has 0 aliphatic heterocycles. The van der Waals surface area contributed by atoms with E-state index in [1.54, 1.807) is 12.1 Å².